The molecule has 1 aromatic heterocycles. The second kappa shape index (κ2) is 5.96. The lowest BCUT2D eigenvalue weighted by atomic mass is 10.1. The Kier molecular flexibility index (Phi) is 4.25. The number of nitrogens with zero attached hydrogens (tertiary/aromatic N) is 2. The first kappa shape index (κ1) is 15.7. The largest absolute Gasteiger partial charge is 0.507 e. The van der Waals surface area contributed by atoms with Crippen LogP contribution in [0.3, 0.4) is 0 Å². The van der Waals surface area contributed by atoms with Crippen LogP contribution in [0.2, 0.25) is 0 Å². The average Bonchev–Trinajstić information content (AvgIpc) is 2.92. The van der Waals surface area contributed by atoms with Crippen molar-refractivity contribution < 1.29 is 23.4 Å². The smallest absolute Gasteiger partial charge is 0.325 e. The molecule has 0 radical (unpaired) electrons. The second-order valence-electron chi connectivity index (χ2n) is 4.51. The molecule has 3 N–H and O–H groups in total. The van der Waals surface area contributed by atoms with E-state index in [2.05, 4.69) is 15.2 Å². The van der Waals surface area contributed by atoms with Gasteiger partial charge in [-0.3, -0.25) is 9.89 Å². The summed E-state index contributed by atoms with van der Waals surface area (Å²) >= 11 is 0. The maximum absolute atomic E-state index is 13.8. The van der Waals surface area contributed by atoms with Crippen LogP contribution in [-0.2, 0) is 5.92 Å². The number of hydrogen-bond acceptors (Lipinski definition) is 5. The van der Waals surface area contributed by atoms with E-state index in [1.807, 2.05) is 5.32 Å². The SMILES string of the molecule is COc1ccc(C(=O)NCC(F)(F)c2n[nH]c(C)n2)c(O)c1. The molecule has 0 fully saturated rings. The molecular weight excluding hydrogens is 298 g/mol. The van der Waals surface area contributed by atoms with Gasteiger partial charge in [0.25, 0.3) is 5.91 Å². The van der Waals surface area contributed by atoms with E-state index >= 15 is 0 Å². The first-order valence-electron chi connectivity index (χ1n) is 6.26. The van der Waals surface area contributed by atoms with E-state index < -0.39 is 24.2 Å². The number of carbonyl (C=O) groups is 1. The number of halogens is 2. The lowest BCUT2D eigenvalue weighted by molar-refractivity contribution is -0.0111. The van der Waals surface area contributed by atoms with E-state index in [-0.39, 0.29) is 17.1 Å². The summed E-state index contributed by atoms with van der Waals surface area (Å²) in [6.45, 7) is 0.495. The Hall–Kier alpha value is -2.71. The Bertz CT molecular complexity index is 688. The number of ether oxygens (including phenoxy) is 1. The van der Waals surface area contributed by atoms with E-state index in [0.717, 1.165) is 0 Å². The summed E-state index contributed by atoms with van der Waals surface area (Å²) in [7, 11) is 1.40. The molecule has 7 nitrogen and oxygen atoms in total. The number of phenolic OH excluding ortho intramolecular Hbond substituents is 1. The highest BCUT2D eigenvalue weighted by Gasteiger charge is 2.36. The van der Waals surface area contributed by atoms with E-state index in [1.165, 1.54) is 32.2 Å². The molecule has 1 heterocycles. The molecule has 0 aliphatic heterocycles. The van der Waals surface area contributed by atoms with Crippen molar-refractivity contribution in [1.82, 2.24) is 20.5 Å². The molecule has 0 aliphatic carbocycles. The van der Waals surface area contributed by atoms with Gasteiger partial charge < -0.3 is 15.2 Å². The average molecular weight is 312 g/mol. The maximum Gasteiger partial charge on any atom is 0.325 e. The van der Waals surface area contributed by atoms with Gasteiger partial charge >= 0.3 is 5.92 Å². The number of benzene rings is 1. The monoisotopic (exact) mass is 312 g/mol. The topological polar surface area (TPSA) is 100 Å². The standard InChI is InChI=1S/C13H14F2N4O3/c1-7-17-12(19-18-7)13(14,15)6-16-11(21)9-4-3-8(22-2)5-10(9)20/h3-5,20H,6H2,1-2H3,(H,16,21)(H,17,18,19). The molecular formula is C13H14F2N4O3. The van der Waals surface area contributed by atoms with Gasteiger partial charge in [0.1, 0.15) is 17.3 Å². The highest BCUT2D eigenvalue weighted by Crippen LogP contribution is 2.25. The van der Waals surface area contributed by atoms with Gasteiger partial charge in [0.05, 0.1) is 19.2 Å². The predicted octanol–water partition coefficient (Wildman–Crippen LogP) is 1.35. The summed E-state index contributed by atoms with van der Waals surface area (Å²) in [5.74, 6) is -4.75. The van der Waals surface area contributed by atoms with Crippen molar-refractivity contribution in [3.63, 3.8) is 0 Å². The maximum atomic E-state index is 13.8. The zero-order valence-electron chi connectivity index (χ0n) is 11.9. The number of nitrogens with one attached hydrogen (secondary N) is 2. The number of aryl methyl sites for hydroxylation is 1. The number of methoxy groups -OCH3 is 1. The number of carbonyl (C=O) groups excluding carboxylic acids is 1. The van der Waals surface area contributed by atoms with Crippen LogP contribution in [0.15, 0.2) is 18.2 Å². The van der Waals surface area contributed by atoms with Gasteiger partial charge in [-0.15, -0.1) is 0 Å². The molecule has 2 rings (SSSR count). The molecule has 22 heavy (non-hydrogen) atoms. The van der Waals surface area contributed by atoms with E-state index in [4.69, 9.17) is 4.74 Å². The van der Waals surface area contributed by atoms with Crippen LogP contribution in [0.1, 0.15) is 22.0 Å². The fraction of sp³-hybridized carbons (Fsp3) is 0.308. The molecule has 0 aliphatic rings. The lowest BCUT2D eigenvalue weighted by Crippen LogP contribution is -2.35. The summed E-state index contributed by atoms with van der Waals surface area (Å²) < 4.78 is 32.5. The van der Waals surface area contributed by atoms with E-state index in [1.54, 1.807) is 0 Å². The molecule has 0 saturated carbocycles. The Morgan fingerprint density at radius 3 is 2.77 bits per heavy atom. The fourth-order valence-electron chi connectivity index (χ4n) is 1.70. The number of aromatic hydroxyl groups is 1. The minimum atomic E-state index is -3.43. The van der Waals surface area contributed by atoms with E-state index in [9.17, 15) is 18.7 Å². The molecule has 9 heteroatoms. The highest BCUT2D eigenvalue weighted by atomic mass is 19.3. The summed E-state index contributed by atoms with van der Waals surface area (Å²) in [6.07, 6.45) is 0. The number of phenols is 1. The van der Waals surface area contributed by atoms with Crippen LogP contribution in [0.25, 0.3) is 0 Å². The molecule has 0 atom stereocenters. The van der Waals surface area contributed by atoms with Gasteiger partial charge in [0.15, 0.2) is 0 Å². The molecule has 118 valence electrons. The zero-order valence-corrected chi connectivity index (χ0v) is 11.9. The number of alkyl halides is 2. The second-order valence-corrected chi connectivity index (χ2v) is 4.51. The molecule has 0 unspecified atom stereocenters. The lowest BCUT2D eigenvalue weighted by Gasteiger charge is -2.14. The minimum Gasteiger partial charge on any atom is -0.507 e. The van der Waals surface area contributed by atoms with Crippen molar-refractivity contribution in [3.8, 4) is 11.5 Å². The Balaban J connectivity index is 2.06. The first-order chi connectivity index (χ1) is 10.3. The molecule has 1 aromatic carbocycles. The van der Waals surface area contributed by atoms with Gasteiger partial charge in [-0.25, -0.2) is 4.98 Å². The van der Waals surface area contributed by atoms with Crippen LogP contribution >= 0.6 is 0 Å². The third-order valence-electron chi connectivity index (χ3n) is 2.84. The quantitative estimate of drug-likeness (QED) is 0.774. The first-order valence-corrected chi connectivity index (χ1v) is 6.26. The van der Waals surface area contributed by atoms with Crippen LogP contribution < -0.4 is 10.1 Å². The van der Waals surface area contributed by atoms with Crippen molar-refractivity contribution >= 4 is 5.91 Å². The Morgan fingerprint density at radius 1 is 1.50 bits per heavy atom. The molecule has 0 spiro atoms. The number of H-pyrrole nitrogens is 1. The number of amides is 1. The third-order valence-corrected chi connectivity index (χ3v) is 2.84. The molecule has 2 aromatic rings. The van der Waals surface area contributed by atoms with Gasteiger partial charge in [-0.05, 0) is 19.1 Å². The van der Waals surface area contributed by atoms with Crippen molar-refractivity contribution in [2.45, 2.75) is 12.8 Å². The summed E-state index contributed by atoms with van der Waals surface area (Å²) in [5, 5.41) is 17.4. The Labute approximate surface area is 124 Å². The van der Waals surface area contributed by atoms with Gasteiger partial charge in [-0.1, -0.05) is 0 Å². The Morgan fingerprint density at radius 2 is 2.23 bits per heavy atom. The van der Waals surface area contributed by atoms with Gasteiger partial charge in [0.2, 0.25) is 5.82 Å². The fourth-order valence-corrected chi connectivity index (χ4v) is 1.70. The normalized spacial score (nSPS) is 11.3. The van der Waals surface area contributed by atoms with Crippen molar-refractivity contribution in [2.24, 2.45) is 0 Å². The number of hydrogen-bond donors (Lipinski definition) is 3. The van der Waals surface area contributed by atoms with Crippen LogP contribution in [-0.4, -0.2) is 39.8 Å². The zero-order chi connectivity index (χ0) is 16.3. The highest BCUT2D eigenvalue weighted by molar-refractivity contribution is 5.97. The molecule has 0 bridgehead atoms. The molecule has 0 saturated heterocycles. The van der Waals surface area contributed by atoms with Crippen molar-refractivity contribution in [1.29, 1.82) is 0 Å². The van der Waals surface area contributed by atoms with Crippen molar-refractivity contribution in [2.75, 3.05) is 13.7 Å². The van der Waals surface area contributed by atoms with Gasteiger partial charge in [-0.2, -0.15) is 13.9 Å². The predicted molar refractivity (Wildman–Crippen MR) is 72.0 cm³/mol. The summed E-state index contributed by atoms with van der Waals surface area (Å²) in [6, 6.07) is 3.93. The molecule has 1 amide bonds. The minimum absolute atomic E-state index is 0.136. The third kappa shape index (κ3) is 3.30. The van der Waals surface area contributed by atoms with E-state index in [0.29, 0.717) is 5.75 Å². The van der Waals surface area contributed by atoms with Crippen LogP contribution in [0.4, 0.5) is 8.78 Å². The number of aromatic nitrogens is 3. The number of rotatable bonds is 5. The van der Waals surface area contributed by atoms with Gasteiger partial charge in [0, 0.05) is 6.07 Å². The summed E-state index contributed by atoms with van der Waals surface area (Å²) in [5.41, 5.74) is -0.136. The number of aromatic amines is 1. The van der Waals surface area contributed by atoms with Crippen molar-refractivity contribution in [3.05, 3.63) is 35.4 Å². The summed E-state index contributed by atoms with van der Waals surface area (Å²) in [4.78, 5) is 15.4. The van der Waals surface area contributed by atoms with Crippen LogP contribution in [0.5, 0.6) is 11.5 Å². The van der Waals surface area contributed by atoms with Crippen LogP contribution in [0, 0.1) is 6.92 Å².